The van der Waals surface area contributed by atoms with Crippen molar-refractivity contribution in [3.8, 4) is 5.82 Å². The maximum absolute atomic E-state index is 13.6. The predicted molar refractivity (Wildman–Crippen MR) is 133 cm³/mol. The number of hydrogen-bond donors (Lipinski definition) is 1. The van der Waals surface area contributed by atoms with Crippen LogP contribution in [0.3, 0.4) is 0 Å². The highest BCUT2D eigenvalue weighted by Crippen LogP contribution is 2.37. The first kappa shape index (κ1) is 26.6. The molecular formula is C25H29F3N6O3S. The molecule has 0 bridgehead atoms. The van der Waals surface area contributed by atoms with E-state index in [4.69, 9.17) is 4.74 Å². The molecule has 0 radical (unpaired) electrons. The molecule has 3 aromatic rings. The van der Waals surface area contributed by atoms with Crippen LogP contribution in [0.1, 0.15) is 43.2 Å². The molecule has 4 heterocycles. The van der Waals surface area contributed by atoms with E-state index >= 15 is 0 Å². The third kappa shape index (κ3) is 5.84. The van der Waals surface area contributed by atoms with Crippen LogP contribution in [0.25, 0.3) is 5.82 Å². The number of aromatic nitrogens is 4. The molecule has 5 rings (SSSR count). The Kier molecular flexibility index (Phi) is 7.68. The van der Waals surface area contributed by atoms with Gasteiger partial charge >= 0.3 is 6.18 Å². The summed E-state index contributed by atoms with van der Waals surface area (Å²) in [5.41, 5.74) is -0.272. The highest BCUT2D eigenvalue weighted by Gasteiger charge is 2.35. The van der Waals surface area contributed by atoms with Crippen LogP contribution in [0.5, 0.6) is 0 Å². The fraction of sp³-hybridized carbons (Fsp3) is 0.480. The Labute approximate surface area is 219 Å². The number of nitrogens with one attached hydrogen (secondary N) is 1. The minimum atomic E-state index is -4.69. The number of benzene rings is 1. The van der Waals surface area contributed by atoms with Gasteiger partial charge in [0.05, 0.1) is 17.4 Å². The summed E-state index contributed by atoms with van der Waals surface area (Å²) in [7, 11) is -4.35. The summed E-state index contributed by atoms with van der Waals surface area (Å²) in [5, 5.41) is 4.03. The molecule has 9 nitrogen and oxygen atoms in total. The summed E-state index contributed by atoms with van der Waals surface area (Å²) in [6.07, 6.45) is 4.46. The zero-order chi connectivity index (χ0) is 26.8. The van der Waals surface area contributed by atoms with E-state index in [9.17, 15) is 21.6 Å². The lowest BCUT2D eigenvalue weighted by molar-refractivity contribution is -0.137. The maximum atomic E-state index is 13.6. The van der Waals surface area contributed by atoms with Crippen molar-refractivity contribution >= 4 is 15.7 Å². The molecule has 2 aromatic heterocycles. The number of hydrogen-bond acceptors (Lipinski definition) is 7. The van der Waals surface area contributed by atoms with E-state index in [0.29, 0.717) is 31.1 Å². The average molecular weight is 551 g/mol. The normalized spacial score (nSPS) is 21.0. The molecule has 2 fully saturated rings. The molecule has 0 spiro atoms. The first-order valence-corrected chi connectivity index (χ1v) is 14.1. The van der Waals surface area contributed by atoms with Crippen LogP contribution in [-0.2, 0) is 27.5 Å². The van der Waals surface area contributed by atoms with Crippen molar-refractivity contribution in [3.05, 3.63) is 60.3 Å². The van der Waals surface area contributed by atoms with Crippen LogP contribution in [0.2, 0.25) is 0 Å². The highest BCUT2D eigenvalue weighted by atomic mass is 32.2. The fourth-order valence-corrected chi connectivity index (χ4v) is 6.43. The van der Waals surface area contributed by atoms with E-state index < -0.39 is 26.7 Å². The number of rotatable bonds is 7. The topological polar surface area (TPSA) is 102 Å². The lowest BCUT2D eigenvalue weighted by Gasteiger charge is -2.40. The minimum Gasteiger partial charge on any atom is -0.378 e. The second-order valence-corrected chi connectivity index (χ2v) is 11.3. The Morgan fingerprint density at radius 2 is 2.00 bits per heavy atom. The van der Waals surface area contributed by atoms with Gasteiger partial charge in [0.25, 0.3) is 0 Å². The van der Waals surface area contributed by atoms with Crippen molar-refractivity contribution in [2.75, 3.05) is 24.6 Å². The summed E-state index contributed by atoms with van der Waals surface area (Å²) in [5.74, 6) is 0.554. The van der Waals surface area contributed by atoms with E-state index in [1.165, 1.54) is 29.6 Å². The number of pyridine rings is 1. The molecule has 2 atom stereocenters. The highest BCUT2D eigenvalue weighted by molar-refractivity contribution is 7.89. The predicted octanol–water partition coefficient (Wildman–Crippen LogP) is 3.95. The Bertz CT molecular complexity index is 1340. The van der Waals surface area contributed by atoms with E-state index in [2.05, 4.69) is 19.8 Å². The molecule has 0 aliphatic carbocycles. The quantitative estimate of drug-likeness (QED) is 0.475. The Morgan fingerprint density at radius 3 is 2.74 bits per heavy atom. The summed E-state index contributed by atoms with van der Waals surface area (Å²) in [6, 6.07) is 6.24. The second-order valence-electron chi connectivity index (χ2n) is 9.58. The van der Waals surface area contributed by atoms with Gasteiger partial charge in [0.1, 0.15) is 17.6 Å². The smallest absolute Gasteiger partial charge is 0.378 e. The monoisotopic (exact) mass is 550 g/mol. The summed E-state index contributed by atoms with van der Waals surface area (Å²) >= 11 is 0. The van der Waals surface area contributed by atoms with Gasteiger partial charge in [0.2, 0.25) is 10.0 Å². The lowest BCUT2D eigenvalue weighted by Crippen LogP contribution is -2.43. The van der Waals surface area contributed by atoms with Crippen molar-refractivity contribution in [2.24, 2.45) is 5.92 Å². The average Bonchev–Trinajstić information content (AvgIpc) is 3.47. The zero-order valence-corrected chi connectivity index (χ0v) is 21.5. The third-order valence-corrected chi connectivity index (χ3v) is 8.50. The van der Waals surface area contributed by atoms with Gasteiger partial charge in [-0.1, -0.05) is 6.07 Å². The van der Waals surface area contributed by atoms with E-state index in [1.807, 2.05) is 4.90 Å². The molecule has 0 saturated carbocycles. The number of ether oxygens (including phenoxy) is 1. The molecule has 1 N–H and O–H groups in total. The van der Waals surface area contributed by atoms with Gasteiger partial charge in [0.15, 0.2) is 5.82 Å². The van der Waals surface area contributed by atoms with Gasteiger partial charge in [-0.2, -0.15) is 18.3 Å². The van der Waals surface area contributed by atoms with Crippen molar-refractivity contribution < 1.29 is 26.3 Å². The zero-order valence-electron chi connectivity index (χ0n) is 20.6. The van der Waals surface area contributed by atoms with Crippen LogP contribution in [0, 0.1) is 5.92 Å². The molecule has 38 heavy (non-hydrogen) atoms. The van der Waals surface area contributed by atoms with Crippen molar-refractivity contribution in [1.29, 1.82) is 0 Å². The number of nitrogens with zero attached hydrogens (tertiary/aromatic N) is 5. The van der Waals surface area contributed by atoms with Crippen LogP contribution in [0.4, 0.5) is 18.9 Å². The van der Waals surface area contributed by atoms with Gasteiger partial charge in [-0.05, 0) is 56.4 Å². The molecule has 2 aliphatic rings. The maximum Gasteiger partial charge on any atom is 0.416 e. The molecular weight excluding hydrogens is 521 g/mol. The number of piperidine rings is 1. The van der Waals surface area contributed by atoms with Gasteiger partial charge < -0.3 is 9.64 Å². The third-order valence-electron chi connectivity index (χ3n) is 7.07. The molecule has 13 heteroatoms. The number of sulfonamides is 1. The molecule has 0 amide bonds. The fourth-order valence-electron chi connectivity index (χ4n) is 5.18. The standard InChI is InChI=1S/C25H29F3N6O3S/c26-25(27,28)20-8-9-21(33-11-4-6-19(15-33)22-7-1-2-12-37-22)23(13-20)38(35,36)32-14-18-5-3-10-30-24(18)34-17-29-16-31-34/h3,5,8-10,13,16-17,19,22,32H,1-2,4,6-7,11-12,14-15H2. The van der Waals surface area contributed by atoms with Crippen molar-refractivity contribution in [2.45, 2.75) is 55.8 Å². The molecule has 2 aliphatic heterocycles. The molecule has 2 saturated heterocycles. The van der Waals surface area contributed by atoms with Crippen LogP contribution in [0.15, 0.2) is 54.1 Å². The SMILES string of the molecule is O=S(=O)(NCc1cccnc1-n1cncn1)c1cc(C(F)(F)F)ccc1N1CCCC(C2CCCCO2)C1. The van der Waals surface area contributed by atoms with Crippen LogP contribution in [-0.4, -0.2) is 54.0 Å². The van der Waals surface area contributed by atoms with Gasteiger partial charge in [-0.25, -0.2) is 27.8 Å². The van der Waals surface area contributed by atoms with Crippen LogP contribution < -0.4 is 9.62 Å². The van der Waals surface area contributed by atoms with Gasteiger partial charge in [0, 0.05) is 43.9 Å². The first-order valence-electron chi connectivity index (χ1n) is 12.6. The Balaban J connectivity index is 1.44. The van der Waals surface area contributed by atoms with E-state index in [-0.39, 0.29) is 24.3 Å². The molecule has 204 valence electrons. The Hall–Kier alpha value is -3.03. The number of halogens is 3. The minimum absolute atomic E-state index is 0.0833. The lowest BCUT2D eigenvalue weighted by atomic mass is 9.88. The number of alkyl halides is 3. The second kappa shape index (κ2) is 11.0. The molecule has 2 unspecified atom stereocenters. The summed E-state index contributed by atoms with van der Waals surface area (Å²) in [4.78, 5) is 9.61. The van der Waals surface area contributed by atoms with E-state index in [1.54, 1.807) is 12.1 Å². The van der Waals surface area contributed by atoms with Crippen LogP contribution >= 0.6 is 0 Å². The summed E-state index contributed by atoms with van der Waals surface area (Å²) < 4.78 is 77.8. The van der Waals surface area contributed by atoms with Gasteiger partial charge in [-0.15, -0.1) is 0 Å². The van der Waals surface area contributed by atoms with E-state index in [0.717, 1.165) is 44.2 Å². The van der Waals surface area contributed by atoms with Crippen molar-refractivity contribution in [1.82, 2.24) is 24.5 Å². The Morgan fingerprint density at radius 1 is 1.13 bits per heavy atom. The molecule has 1 aromatic carbocycles. The largest absolute Gasteiger partial charge is 0.416 e. The summed E-state index contributed by atoms with van der Waals surface area (Å²) in [6.45, 7) is 1.59. The van der Waals surface area contributed by atoms with Crippen molar-refractivity contribution in [3.63, 3.8) is 0 Å². The van der Waals surface area contributed by atoms with Gasteiger partial charge in [-0.3, -0.25) is 0 Å². The number of anilines is 1. The first-order chi connectivity index (χ1) is 18.2.